The van der Waals surface area contributed by atoms with E-state index in [1.54, 1.807) is 0 Å². The summed E-state index contributed by atoms with van der Waals surface area (Å²) in [4.78, 5) is 4.36. The van der Waals surface area contributed by atoms with Crippen molar-refractivity contribution in [3.63, 3.8) is 0 Å². The quantitative estimate of drug-likeness (QED) is 0.634. The Morgan fingerprint density at radius 1 is 1.00 bits per heavy atom. The number of benzene rings is 1. The third-order valence-corrected chi connectivity index (χ3v) is 2.53. The van der Waals surface area contributed by atoms with Crippen LogP contribution in [0.1, 0.15) is 12.5 Å². The highest BCUT2D eigenvalue weighted by molar-refractivity contribution is 5.89. The van der Waals surface area contributed by atoms with Crippen molar-refractivity contribution >= 4 is 17.7 Å². The minimum absolute atomic E-state index is 0.968. The zero-order valence-corrected chi connectivity index (χ0v) is 9.59. The van der Waals surface area contributed by atoms with Gasteiger partial charge in [0.05, 0.1) is 6.20 Å². The molecule has 0 saturated carbocycles. The lowest BCUT2D eigenvalue weighted by molar-refractivity contribution is -0.362. The molecule has 1 heterocycles. The first-order chi connectivity index (χ1) is 7.79. The summed E-state index contributed by atoms with van der Waals surface area (Å²) in [5.74, 6) is 0.968. The molecule has 0 unspecified atom stereocenters. The van der Waals surface area contributed by atoms with Gasteiger partial charge in [-0.1, -0.05) is 29.3 Å². The largest absolute Gasteiger partial charge is 0.300 e. The van der Waals surface area contributed by atoms with Gasteiger partial charge in [-0.05, 0) is 30.7 Å². The van der Waals surface area contributed by atoms with Crippen molar-refractivity contribution < 1.29 is 4.58 Å². The van der Waals surface area contributed by atoms with E-state index in [9.17, 15) is 0 Å². The topological polar surface area (TPSA) is 15.4 Å². The number of para-hydroxylation sites is 1. The van der Waals surface area contributed by atoms with Gasteiger partial charge in [-0.3, -0.25) is 0 Å². The molecular weight excluding hydrogens is 196 g/mol. The van der Waals surface area contributed by atoms with Gasteiger partial charge in [0.15, 0.2) is 0 Å². The number of allylic oxidation sites excluding steroid dienone is 3. The molecule has 80 valence electrons. The standard InChI is InChI=1S/C14H15N2/c1-12-8-4-5-9-14(12)16-11-7-3-6-10-15-13(16)2/h3-11H,1-2H3/q+1/b6-3-,7-3?,10-6?,11-7-. The van der Waals surface area contributed by atoms with Crippen molar-refractivity contribution in [3.8, 4) is 0 Å². The minimum atomic E-state index is 0.968. The Morgan fingerprint density at radius 3 is 2.62 bits per heavy atom. The average molecular weight is 211 g/mol. The fourth-order valence-electron chi connectivity index (χ4n) is 1.66. The Bertz CT molecular complexity index is 505. The Morgan fingerprint density at radius 2 is 1.81 bits per heavy atom. The first-order valence-electron chi connectivity index (χ1n) is 5.35. The Balaban J connectivity index is 2.54. The van der Waals surface area contributed by atoms with Crippen LogP contribution in [-0.4, -0.2) is 16.6 Å². The van der Waals surface area contributed by atoms with Crippen molar-refractivity contribution in [2.45, 2.75) is 13.8 Å². The molecule has 2 rings (SSSR count). The van der Waals surface area contributed by atoms with Crippen LogP contribution < -0.4 is 0 Å². The highest BCUT2D eigenvalue weighted by atomic mass is 15.1. The van der Waals surface area contributed by atoms with E-state index in [1.807, 2.05) is 49.7 Å². The number of hydrogen-bond acceptors (Lipinski definition) is 1. The summed E-state index contributed by atoms with van der Waals surface area (Å²) in [7, 11) is 0. The van der Waals surface area contributed by atoms with Gasteiger partial charge in [-0.2, -0.15) is 0 Å². The summed E-state index contributed by atoms with van der Waals surface area (Å²) in [5.41, 5.74) is 2.41. The molecule has 0 fully saturated rings. The molecule has 0 aliphatic carbocycles. The van der Waals surface area contributed by atoms with Gasteiger partial charge in [0.2, 0.25) is 0 Å². The average Bonchev–Trinajstić information content (AvgIpc) is 2.26. The highest BCUT2D eigenvalue weighted by Gasteiger charge is 2.10. The minimum Gasteiger partial charge on any atom is -0.200 e. The monoisotopic (exact) mass is 211 g/mol. The predicted molar refractivity (Wildman–Crippen MR) is 68.6 cm³/mol. The van der Waals surface area contributed by atoms with Gasteiger partial charge in [-0.25, -0.2) is 4.58 Å². The van der Waals surface area contributed by atoms with Gasteiger partial charge in [-0.15, -0.1) is 0 Å². The van der Waals surface area contributed by atoms with Crippen LogP contribution in [0.2, 0.25) is 0 Å². The van der Waals surface area contributed by atoms with E-state index >= 15 is 0 Å². The van der Waals surface area contributed by atoms with Crippen LogP contribution in [-0.2, 0) is 0 Å². The van der Waals surface area contributed by atoms with Crippen molar-refractivity contribution in [2.24, 2.45) is 4.99 Å². The molecule has 1 aliphatic rings. The maximum absolute atomic E-state index is 4.36. The van der Waals surface area contributed by atoms with E-state index in [0.717, 1.165) is 5.84 Å². The zero-order valence-electron chi connectivity index (χ0n) is 9.59. The second-order valence-corrected chi connectivity index (χ2v) is 3.71. The summed E-state index contributed by atoms with van der Waals surface area (Å²) < 4.78 is 2.09. The highest BCUT2D eigenvalue weighted by Crippen LogP contribution is 2.18. The maximum Gasteiger partial charge on any atom is 0.300 e. The van der Waals surface area contributed by atoms with Crippen LogP contribution >= 0.6 is 0 Å². The van der Waals surface area contributed by atoms with E-state index in [2.05, 4.69) is 28.6 Å². The van der Waals surface area contributed by atoms with Gasteiger partial charge in [0, 0.05) is 6.92 Å². The van der Waals surface area contributed by atoms with Gasteiger partial charge >= 0.3 is 0 Å². The third kappa shape index (κ3) is 2.16. The third-order valence-electron chi connectivity index (χ3n) is 2.53. The molecule has 0 N–H and O–H groups in total. The summed E-state index contributed by atoms with van der Waals surface area (Å²) in [5, 5.41) is 0. The molecule has 0 radical (unpaired) electrons. The number of nitrogens with zero attached hydrogens (tertiary/aromatic N) is 2. The second-order valence-electron chi connectivity index (χ2n) is 3.71. The van der Waals surface area contributed by atoms with Crippen LogP contribution in [0.3, 0.4) is 0 Å². The van der Waals surface area contributed by atoms with Crippen molar-refractivity contribution in [1.82, 2.24) is 0 Å². The van der Waals surface area contributed by atoms with E-state index in [0.29, 0.717) is 0 Å². The number of aliphatic imine (C=N–C) groups is 1. The molecule has 0 aromatic heterocycles. The molecular formula is C14H15N2+. The van der Waals surface area contributed by atoms with Crippen LogP contribution in [0, 0.1) is 6.92 Å². The van der Waals surface area contributed by atoms with E-state index in [-0.39, 0.29) is 0 Å². The van der Waals surface area contributed by atoms with Crippen LogP contribution in [0.25, 0.3) is 0 Å². The molecule has 16 heavy (non-hydrogen) atoms. The number of hydrogen-bond donors (Lipinski definition) is 0. The lowest BCUT2D eigenvalue weighted by Crippen LogP contribution is -2.08. The maximum atomic E-state index is 4.36. The Kier molecular flexibility index (Phi) is 3.10. The van der Waals surface area contributed by atoms with Crippen molar-refractivity contribution in [3.05, 3.63) is 54.3 Å². The normalized spacial score (nSPS) is 19.1. The lowest BCUT2D eigenvalue weighted by Gasteiger charge is -2.05. The molecule has 1 aliphatic heterocycles. The fourth-order valence-corrected chi connectivity index (χ4v) is 1.66. The SMILES string of the molecule is CC1=[N+](c2ccccc2C)/C=C\C=C/C=N1. The molecule has 0 atom stereocenters. The van der Waals surface area contributed by atoms with Crippen molar-refractivity contribution in [1.29, 1.82) is 0 Å². The summed E-state index contributed by atoms with van der Waals surface area (Å²) in [6.45, 7) is 4.11. The van der Waals surface area contributed by atoms with Crippen LogP contribution in [0.5, 0.6) is 0 Å². The molecule has 2 nitrogen and oxygen atoms in total. The first kappa shape index (κ1) is 10.6. The molecule has 2 heteroatoms. The molecule has 1 aromatic rings. The Hall–Kier alpha value is -1.96. The smallest absolute Gasteiger partial charge is 0.200 e. The number of rotatable bonds is 1. The Labute approximate surface area is 96.0 Å². The summed E-state index contributed by atoms with van der Waals surface area (Å²) in [6, 6.07) is 8.30. The van der Waals surface area contributed by atoms with Crippen molar-refractivity contribution in [2.75, 3.05) is 0 Å². The van der Waals surface area contributed by atoms with E-state index in [1.165, 1.54) is 11.3 Å². The number of aryl methyl sites for hydroxylation is 1. The molecule has 0 amide bonds. The molecule has 0 saturated heterocycles. The van der Waals surface area contributed by atoms with Gasteiger partial charge in [0.1, 0.15) is 11.9 Å². The molecule has 0 bridgehead atoms. The van der Waals surface area contributed by atoms with Crippen LogP contribution in [0.4, 0.5) is 5.69 Å². The summed E-state index contributed by atoms with van der Waals surface area (Å²) >= 11 is 0. The predicted octanol–water partition coefficient (Wildman–Crippen LogP) is 3.21. The molecule has 0 spiro atoms. The van der Waals surface area contributed by atoms with E-state index < -0.39 is 0 Å². The zero-order chi connectivity index (χ0) is 11.4. The van der Waals surface area contributed by atoms with Crippen LogP contribution in [0.15, 0.2) is 53.7 Å². The first-order valence-corrected chi connectivity index (χ1v) is 5.35. The fraction of sp³-hybridized carbons (Fsp3) is 0.143. The van der Waals surface area contributed by atoms with Gasteiger partial charge < -0.3 is 0 Å². The molecule has 1 aromatic carbocycles. The van der Waals surface area contributed by atoms with E-state index in [4.69, 9.17) is 0 Å². The lowest BCUT2D eigenvalue weighted by atomic mass is 10.2. The van der Waals surface area contributed by atoms with Gasteiger partial charge in [0.25, 0.3) is 5.84 Å². The second kappa shape index (κ2) is 4.71. The summed E-state index contributed by atoms with van der Waals surface area (Å²) in [6.07, 6.45) is 9.76. The number of amidine groups is 1.